The topological polar surface area (TPSA) is 78.4 Å². The summed E-state index contributed by atoms with van der Waals surface area (Å²) in [5.41, 5.74) is 0. The second-order valence-electron chi connectivity index (χ2n) is 3.80. The highest BCUT2D eigenvalue weighted by molar-refractivity contribution is 5.65. The number of anilines is 1. The lowest BCUT2D eigenvalue weighted by atomic mass is 10.1. The maximum absolute atomic E-state index is 10.6. The van der Waals surface area contributed by atoms with Gasteiger partial charge in [-0.1, -0.05) is 0 Å². The highest BCUT2D eigenvalue weighted by Crippen LogP contribution is 2.16. The summed E-state index contributed by atoms with van der Waals surface area (Å²) in [6.45, 7) is 1.56. The Morgan fingerprint density at radius 3 is 3.12 bits per heavy atom. The molecule has 1 aliphatic rings. The van der Waals surface area contributed by atoms with Gasteiger partial charge in [0.25, 0.3) is 0 Å². The zero-order valence-electron chi connectivity index (χ0n) is 8.83. The fourth-order valence-corrected chi connectivity index (χ4v) is 1.93. The van der Waals surface area contributed by atoms with Gasteiger partial charge >= 0.3 is 6.09 Å². The smallest absolute Gasteiger partial charge is 0.404 e. The molecule has 6 heteroatoms. The monoisotopic (exact) mass is 222 g/mol. The first-order valence-corrected chi connectivity index (χ1v) is 5.26. The minimum atomic E-state index is -0.967. The summed E-state index contributed by atoms with van der Waals surface area (Å²) in [5, 5.41) is 11.2. The molecule has 1 aromatic rings. The minimum absolute atomic E-state index is 0.0201. The summed E-state index contributed by atoms with van der Waals surface area (Å²) in [6, 6.07) is -0.0201. The van der Waals surface area contributed by atoms with Gasteiger partial charge in [-0.25, -0.2) is 9.78 Å². The molecule has 1 fully saturated rings. The fraction of sp³-hybridized carbons (Fsp3) is 0.500. The first-order chi connectivity index (χ1) is 7.75. The van der Waals surface area contributed by atoms with Crippen LogP contribution in [-0.4, -0.2) is 40.3 Å². The molecule has 0 aliphatic carbocycles. The van der Waals surface area contributed by atoms with E-state index >= 15 is 0 Å². The number of amides is 1. The van der Waals surface area contributed by atoms with E-state index in [2.05, 4.69) is 20.2 Å². The Kier molecular flexibility index (Phi) is 3.19. The molecule has 1 unspecified atom stereocenters. The molecule has 2 N–H and O–H groups in total. The predicted octanol–water partition coefficient (Wildman–Crippen LogP) is 0.713. The summed E-state index contributed by atoms with van der Waals surface area (Å²) in [6.07, 6.45) is 5.84. The van der Waals surface area contributed by atoms with Crippen molar-refractivity contribution in [3.63, 3.8) is 0 Å². The molecule has 1 atom stereocenters. The Hall–Kier alpha value is -1.85. The van der Waals surface area contributed by atoms with Gasteiger partial charge in [-0.3, -0.25) is 4.98 Å². The fourth-order valence-electron chi connectivity index (χ4n) is 1.93. The van der Waals surface area contributed by atoms with Crippen LogP contribution in [0.25, 0.3) is 0 Å². The van der Waals surface area contributed by atoms with E-state index in [-0.39, 0.29) is 6.04 Å². The van der Waals surface area contributed by atoms with Gasteiger partial charge in [-0.2, -0.15) is 0 Å². The number of rotatable bonds is 2. The van der Waals surface area contributed by atoms with Gasteiger partial charge in [0.2, 0.25) is 0 Å². The van der Waals surface area contributed by atoms with Crippen LogP contribution in [0.4, 0.5) is 10.6 Å². The number of hydrogen-bond donors (Lipinski definition) is 2. The molecule has 1 amide bonds. The molecule has 6 nitrogen and oxygen atoms in total. The molecular weight excluding hydrogens is 208 g/mol. The molecule has 2 heterocycles. The highest BCUT2D eigenvalue weighted by Gasteiger charge is 2.21. The zero-order chi connectivity index (χ0) is 11.4. The van der Waals surface area contributed by atoms with Crippen molar-refractivity contribution >= 4 is 11.9 Å². The van der Waals surface area contributed by atoms with E-state index in [1.807, 2.05) is 0 Å². The quantitative estimate of drug-likeness (QED) is 0.770. The number of nitrogens with zero attached hydrogens (tertiary/aromatic N) is 3. The van der Waals surface area contributed by atoms with Crippen molar-refractivity contribution in [2.45, 2.75) is 18.9 Å². The van der Waals surface area contributed by atoms with Crippen LogP contribution in [0, 0.1) is 0 Å². The SMILES string of the molecule is O=C(O)NC1CCCN(c2cnccn2)C1. The van der Waals surface area contributed by atoms with Crippen molar-refractivity contribution < 1.29 is 9.90 Å². The first kappa shape index (κ1) is 10.7. The minimum Gasteiger partial charge on any atom is -0.465 e. The van der Waals surface area contributed by atoms with Crippen LogP contribution >= 0.6 is 0 Å². The van der Waals surface area contributed by atoms with Crippen LogP contribution < -0.4 is 10.2 Å². The van der Waals surface area contributed by atoms with Gasteiger partial charge in [-0.15, -0.1) is 0 Å². The largest absolute Gasteiger partial charge is 0.465 e. The van der Waals surface area contributed by atoms with Gasteiger partial charge in [0.15, 0.2) is 0 Å². The maximum atomic E-state index is 10.6. The Labute approximate surface area is 93.3 Å². The zero-order valence-corrected chi connectivity index (χ0v) is 8.83. The lowest BCUT2D eigenvalue weighted by molar-refractivity contribution is 0.188. The van der Waals surface area contributed by atoms with Crippen LogP contribution in [0.2, 0.25) is 0 Å². The third kappa shape index (κ3) is 2.59. The summed E-state index contributed by atoms with van der Waals surface area (Å²) in [5.74, 6) is 0.805. The van der Waals surface area contributed by atoms with E-state index < -0.39 is 6.09 Å². The van der Waals surface area contributed by atoms with E-state index in [1.165, 1.54) is 0 Å². The molecule has 2 rings (SSSR count). The molecule has 1 aromatic heterocycles. The Bertz CT molecular complexity index is 357. The summed E-state index contributed by atoms with van der Waals surface area (Å²) < 4.78 is 0. The maximum Gasteiger partial charge on any atom is 0.404 e. The number of carboxylic acid groups (broad SMARTS) is 1. The number of nitrogens with one attached hydrogen (secondary N) is 1. The summed E-state index contributed by atoms with van der Waals surface area (Å²) in [7, 11) is 0. The molecule has 0 radical (unpaired) electrons. The summed E-state index contributed by atoms with van der Waals surface area (Å²) >= 11 is 0. The van der Waals surface area contributed by atoms with Gasteiger partial charge < -0.3 is 15.3 Å². The van der Waals surface area contributed by atoms with Crippen molar-refractivity contribution in [1.82, 2.24) is 15.3 Å². The first-order valence-electron chi connectivity index (χ1n) is 5.26. The highest BCUT2D eigenvalue weighted by atomic mass is 16.4. The molecule has 86 valence electrons. The summed E-state index contributed by atoms with van der Waals surface area (Å²) in [4.78, 5) is 20.8. The Balaban J connectivity index is 1.99. The predicted molar refractivity (Wildman–Crippen MR) is 58.4 cm³/mol. The number of carbonyl (C=O) groups is 1. The van der Waals surface area contributed by atoms with E-state index in [9.17, 15) is 4.79 Å². The number of aromatic nitrogens is 2. The van der Waals surface area contributed by atoms with E-state index in [0.717, 1.165) is 25.2 Å². The lowest BCUT2D eigenvalue weighted by Crippen LogP contribution is -2.47. The molecule has 0 spiro atoms. The van der Waals surface area contributed by atoms with Crippen LogP contribution in [0.3, 0.4) is 0 Å². The standard InChI is InChI=1S/C10H14N4O2/c15-10(16)13-8-2-1-5-14(7-8)9-6-11-3-4-12-9/h3-4,6,8,13H,1-2,5,7H2,(H,15,16). The van der Waals surface area contributed by atoms with Gasteiger partial charge in [-0.05, 0) is 12.8 Å². The third-order valence-corrected chi connectivity index (χ3v) is 2.62. The molecule has 0 bridgehead atoms. The van der Waals surface area contributed by atoms with Crippen LogP contribution in [-0.2, 0) is 0 Å². The van der Waals surface area contributed by atoms with Crippen molar-refractivity contribution in [1.29, 1.82) is 0 Å². The van der Waals surface area contributed by atoms with E-state index in [4.69, 9.17) is 5.11 Å². The number of hydrogen-bond acceptors (Lipinski definition) is 4. The van der Waals surface area contributed by atoms with Gasteiger partial charge in [0, 0.05) is 31.5 Å². The van der Waals surface area contributed by atoms with E-state index in [1.54, 1.807) is 18.6 Å². The Morgan fingerprint density at radius 1 is 1.56 bits per heavy atom. The molecule has 0 aromatic carbocycles. The molecular formula is C10H14N4O2. The third-order valence-electron chi connectivity index (χ3n) is 2.62. The molecule has 16 heavy (non-hydrogen) atoms. The van der Waals surface area contributed by atoms with Crippen molar-refractivity contribution in [2.75, 3.05) is 18.0 Å². The van der Waals surface area contributed by atoms with E-state index in [0.29, 0.717) is 6.54 Å². The molecule has 0 saturated carbocycles. The van der Waals surface area contributed by atoms with Crippen LogP contribution in [0.1, 0.15) is 12.8 Å². The second kappa shape index (κ2) is 4.78. The van der Waals surface area contributed by atoms with Crippen molar-refractivity contribution in [2.24, 2.45) is 0 Å². The lowest BCUT2D eigenvalue weighted by Gasteiger charge is -2.33. The molecule has 1 aliphatic heterocycles. The normalized spacial score (nSPS) is 20.5. The average Bonchev–Trinajstić information content (AvgIpc) is 2.30. The van der Waals surface area contributed by atoms with Gasteiger partial charge in [0.1, 0.15) is 5.82 Å². The average molecular weight is 222 g/mol. The Morgan fingerprint density at radius 2 is 2.44 bits per heavy atom. The van der Waals surface area contributed by atoms with Crippen LogP contribution in [0.5, 0.6) is 0 Å². The second-order valence-corrected chi connectivity index (χ2v) is 3.80. The number of piperidine rings is 1. The van der Waals surface area contributed by atoms with Crippen LogP contribution in [0.15, 0.2) is 18.6 Å². The van der Waals surface area contributed by atoms with Gasteiger partial charge in [0.05, 0.1) is 6.20 Å². The molecule has 1 saturated heterocycles. The van der Waals surface area contributed by atoms with Crippen molar-refractivity contribution in [3.05, 3.63) is 18.6 Å². The van der Waals surface area contributed by atoms with Crippen molar-refractivity contribution in [3.8, 4) is 0 Å².